The average Bonchev–Trinajstić information content (AvgIpc) is 3.03. The van der Waals surface area contributed by atoms with Crippen molar-refractivity contribution in [3.8, 4) is 0 Å². The van der Waals surface area contributed by atoms with Crippen molar-refractivity contribution >= 4 is 0 Å². The standard InChI is InChI=1S/C15H25N3/c1-11(2)7-16-8-14-9-18(10-17-14)15-6-12-3-4-13(15)5-12/h9-13,15-16H,3-8H2,1-2H3. The number of imidazole rings is 1. The van der Waals surface area contributed by atoms with Crippen molar-refractivity contribution in [1.29, 1.82) is 0 Å². The minimum absolute atomic E-state index is 0.706. The van der Waals surface area contributed by atoms with Crippen molar-refractivity contribution < 1.29 is 0 Å². The lowest BCUT2D eigenvalue weighted by Gasteiger charge is -2.22. The number of nitrogens with one attached hydrogen (secondary N) is 1. The first-order valence-corrected chi connectivity index (χ1v) is 7.45. The average molecular weight is 247 g/mol. The Kier molecular flexibility index (Phi) is 3.42. The van der Waals surface area contributed by atoms with E-state index in [-0.39, 0.29) is 0 Å². The zero-order valence-corrected chi connectivity index (χ0v) is 11.6. The second kappa shape index (κ2) is 5.04. The summed E-state index contributed by atoms with van der Waals surface area (Å²) in [4.78, 5) is 4.54. The summed E-state index contributed by atoms with van der Waals surface area (Å²) in [5, 5.41) is 3.46. The molecule has 3 unspecified atom stereocenters. The first-order valence-electron chi connectivity index (χ1n) is 7.45. The number of hydrogen-bond acceptors (Lipinski definition) is 2. The van der Waals surface area contributed by atoms with Crippen LogP contribution in [0.3, 0.4) is 0 Å². The van der Waals surface area contributed by atoms with Gasteiger partial charge >= 0.3 is 0 Å². The molecule has 0 amide bonds. The molecule has 2 saturated carbocycles. The van der Waals surface area contributed by atoms with Crippen LogP contribution in [0.1, 0.15) is 51.3 Å². The maximum atomic E-state index is 4.54. The van der Waals surface area contributed by atoms with Gasteiger partial charge < -0.3 is 9.88 Å². The highest BCUT2D eigenvalue weighted by Crippen LogP contribution is 2.50. The van der Waals surface area contributed by atoms with Gasteiger partial charge in [-0.1, -0.05) is 20.3 Å². The van der Waals surface area contributed by atoms with Gasteiger partial charge in [0.25, 0.3) is 0 Å². The molecule has 0 aliphatic heterocycles. The maximum Gasteiger partial charge on any atom is 0.0952 e. The quantitative estimate of drug-likeness (QED) is 0.867. The van der Waals surface area contributed by atoms with Crippen LogP contribution in [0.5, 0.6) is 0 Å². The minimum Gasteiger partial charge on any atom is -0.334 e. The van der Waals surface area contributed by atoms with E-state index in [1.807, 2.05) is 0 Å². The van der Waals surface area contributed by atoms with Gasteiger partial charge in [-0.05, 0) is 43.6 Å². The van der Waals surface area contributed by atoms with Crippen LogP contribution in [0.25, 0.3) is 0 Å². The van der Waals surface area contributed by atoms with E-state index < -0.39 is 0 Å². The molecular weight excluding hydrogens is 222 g/mol. The Hall–Kier alpha value is -0.830. The second-order valence-corrected chi connectivity index (χ2v) is 6.58. The Bertz CT molecular complexity index is 396. The topological polar surface area (TPSA) is 29.9 Å². The first-order chi connectivity index (χ1) is 8.72. The number of rotatable bonds is 5. The molecule has 18 heavy (non-hydrogen) atoms. The van der Waals surface area contributed by atoms with Gasteiger partial charge in [0.2, 0.25) is 0 Å². The lowest BCUT2D eigenvalue weighted by molar-refractivity contribution is 0.329. The highest BCUT2D eigenvalue weighted by molar-refractivity contribution is 5.02. The van der Waals surface area contributed by atoms with Crippen molar-refractivity contribution in [3.63, 3.8) is 0 Å². The molecule has 2 fully saturated rings. The molecular formula is C15H25N3. The molecule has 2 aliphatic carbocycles. The van der Waals surface area contributed by atoms with E-state index in [1.165, 1.54) is 31.4 Å². The van der Waals surface area contributed by atoms with Crippen LogP contribution in [0, 0.1) is 17.8 Å². The lowest BCUT2D eigenvalue weighted by atomic mass is 9.95. The summed E-state index contributed by atoms with van der Waals surface area (Å²) < 4.78 is 2.39. The van der Waals surface area contributed by atoms with Crippen molar-refractivity contribution in [1.82, 2.24) is 14.9 Å². The third-order valence-corrected chi connectivity index (χ3v) is 4.60. The molecule has 1 heterocycles. The lowest BCUT2D eigenvalue weighted by Crippen LogP contribution is -2.19. The normalized spacial score (nSPS) is 30.5. The van der Waals surface area contributed by atoms with Gasteiger partial charge in [0.15, 0.2) is 0 Å². The van der Waals surface area contributed by atoms with Crippen LogP contribution < -0.4 is 5.32 Å². The molecule has 3 rings (SSSR count). The van der Waals surface area contributed by atoms with E-state index in [0.29, 0.717) is 5.92 Å². The van der Waals surface area contributed by atoms with Gasteiger partial charge in [-0.25, -0.2) is 4.98 Å². The molecule has 100 valence electrons. The van der Waals surface area contributed by atoms with Crippen LogP contribution in [0.15, 0.2) is 12.5 Å². The van der Waals surface area contributed by atoms with E-state index >= 15 is 0 Å². The Morgan fingerprint density at radius 1 is 1.39 bits per heavy atom. The molecule has 3 atom stereocenters. The molecule has 1 N–H and O–H groups in total. The summed E-state index contributed by atoms with van der Waals surface area (Å²) >= 11 is 0. The number of fused-ring (bicyclic) bond motifs is 2. The SMILES string of the molecule is CC(C)CNCc1cn(C2CC3CCC2C3)cn1. The fourth-order valence-electron chi connectivity index (χ4n) is 3.72. The Morgan fingerprint density at radius 3 is 2.94 bits per heavy atom. The Balaban J connectivity index is 1.56. The molecule has 0 spiro atoms. The minimum atomic E-state index is 0.706. The molecule has 0 radical (unpaired) electrons. The van der Waals surface area contributed by atoms with Gasteiger partial charge in [-0.15, -0.1) is 0 Å². The molecule has 3 nitrogen and oxygen atoms in total. The summed E-state index contributed by atoms with van der Waals surface area (Å²) in [5.74, 6) is 2.64. The zero-order chi connectivity index (χ0) is 12.5. The summed E-state index contributed by atoms with van der Waals surface area (Å²) in [6, 6.07) is 0.745. The van der Waals surface area contributed by atoms with Crippen LogP contribution >= 0.6 is 0 Å². The first kappa shape index (κ1) is 12.2. The maximum absolute atomic E-state index is 4.54. The molecule has 0 saturated heterocycles. The smallest absolute Gasteiger partial charge is 0.0952 e. The van der Waals surface area contributed by atoms with Crippen LogP contribution in [-0.2, 0) is 6.54 Å². The van der Waals surface area contributed by atoms with E-state index in [9.17, 15) is 0 Å². The summed E-state index contributed by atoms with van der Waals surface area (Å²) in [7, 11) is 0. The summed E-state index contributed by atoms with van der Waals surface area (Å²) in [5.41, 5.74) is 1.19. The highest BCUT2D eigenvalue weighted by atomic mass is 15.1. The number of aromatic nitrogens is 2. The molecule has 3 heteroatoms. The third kappa shape index (κ3) is 2.46. The fraction of sp³-hybridized carbons (Fsp3) is 0.800. The molecule has 1 aromatic heterocycles. The molecule has 1 aromatic rings. The Morgan fingerprint density at radius 2 is 2.28 bits per heavy atom. The molecule has 0 aromatic carbocycles. The van der Waals surface area contributed by atoms with E-state index in [2.05, 4.69) is 41.2 Å². The summed E-state index contributed by atoms with van der Waals surface area (Å²) in [6.07, 6.45) is 10.1. The van der Waals surface area contributed by atoms with Crippen LogP contribution in [0.2, 0.25) is 0 Å². The van der Waals surface area contributed by atoms with Crippen molar-refractivity contribution in [3.05, 3.63) is 18.2 Å². The van der Waals surface area contributed by atoms with E-state index in [1.54, 1.807) is 0 Å². The Labute approximate surface area is 110 Å². The molecule has 2 bridgehead atoms. The van der Waals surface area contributed by atoms with E-state index in [4.69, 9.17) is 0 Å². The summed E-state index contributed by atoms with van der Waals surface area (Å²) in [6.45, 7) is 6.45. The highest BCUT2D eigenvalue weighted by Gasteiger charge is 2.40. The number of nitrogens with zero attached hydrogens (tertiary/aromatic N) is 2. The second-order valence-electron chi connectivity index (χ2n) is 6.58. The van der Waals surface area contributed by atoms with Crippen molar-refractivity contribution in [2.75, 3.05) is 6.54 Å². The van der Waals surface area contributed by atoms with Gasteiger partial charge in [0.05, 0.1) is 12.0 Å². The van der Waals surface area contributed by atoms with Gasteiger partial charge in [0, 0.05) is 18.8 Å². The zero-order valence-electron chi connectivity index (χ0n) is 11.6. The predicted molar refractivity (Wildman–Crippen MR) is 73.3 cm³/mol. The van der Waals surface area contributed by atoms with Gasteiger partial charge in [-0.2, -0.15) is 0 Å². The number of hydrogen-bond donors (Lipinski definition) is 1. The van der Waals surface area contributed by atoms with Crippen molar-refractivity contribution in [2.45, 2.75) is 52.1 Å². The fourth-order valence-corrected chi connectivity index (χ4v) is 3.72. The van der Waals surface area contributed by atoms with E-state index in [0.717, 1.165) is 31.0 Å². The molecule has 2 aliphatic rings. The largest absolute Gasteiger partial charge is 0.334 e. The van der Waals surface area contributed by atoms with Gasteiger partial charge in [0.1, 0.15) is 0 Å². The van der Waals surface area contributed by atoms with Crippen LogP contribution in [0.4, 0.5) is 0 Å². The van der Waals surface area contributed by atoms with Crippen molar-refractivity contribution in [2.24, 2.45) is 17.8 Å². The monoisotopic (exact) mass is 247 g/mol. The third-order valence-electron chi connectivity index (χ3n) is 4.60. The van der Waals surface area contributed by atoms with Gasteiger partial charge in [-0.3, -0.25) is 0 Å². The predicted octanol–water partition coefficient (Wildman–Crippen LogP) is 2.99. The van der Waals surface area contributed by atoms with Crippen LogP contribution in [-0.4, -0.2) is 16.1 Å².